The summed E-state index contributed by atoms with van der Waals surface area (Å²) in [5.41, 5.74) is 0.268. The molecule has 0 unspecified atom stereocenters. The summed E-state index contributed by atoms with van der Waals surface area (Å²) in [5, 5.41) is 1.74. The number of hydrogen-bond acceptors (Lipinski definition) is 7. The Morgan fingerprint density at radius 1 is 1.33 bits per heavy atom. The number of benzene rings is 1. The molecule has 1 aromatic carbocycles. The van der Waals surface area contributed by atoms with Gasteiger partial charge in [-0.15, -0.1) is 17.9 Å². The summed E-state index contributed by atoms with van der Waals surface area (Å²) in [6.07, 6.45) is 3.04. The normalized spacial score (nSPS) is 11.4. The van der Waals surface area contributed by atoms with Crippen LogP contribution in [0.1, 0.15) is 16.1 Å². The average molecular weight is 405 g/mol. The Morgan fingerprint density at radius 2 is 2.07 bits per heavy atom. The highest BCUT2D eigenvalue weighted by molar-refractivity contribution is 7.89. The van der Waals surface area contributed by atoms with Crippen molar-refractivity contribution in [1.29, 1.82) is 0 Å². The van der Waals surface area contributed by atoms with Crippen LogP contribution in [0.3, 0.4) is 0 Å². The lowest BCUT2D eigenvalue weighted by molar-refractivity contribution is 0.0467. The number of thiazole rings is 1. The van der Waals surface area contributed by atoms with E-state index in [0.717, 1.165) is 0 Å². The minimum atomic E-state index is -3.66. The van der Waals surface area contributed by atoms with Crippen LogP contribution < -0.4 is 10.3 Å². The molecule has 140 valence electrons. The van der Waals surface area contributed by atoms with E-state index in [4.69, 9.17) is 4.74 Å². The van der Waals surface area contributed by atoms with Gasteiger partial charge in [-0.1, -0.05) is 6.08 Å². The van der Waals surface area contributed by atoms with Crippen molar-refractivity contribution >= 4 is 32.3 Å². The molecule has 3 aromatic rings. The van der Waals surface area contributed by atoms with Crippen LogP contribution >= 0.6 is 11.3 Å². The Hall–Kier alpha value is -2.82. The van der Waals surface area contributed by atoms with E-state index in [1.807, 2.05) is 0 Å². The Kier molecular flexibility index (Phi) is 5.49. The number of carbonyl (C=O) groups is 1. The van der Waals surface area contributed by atoms with Crippen LogP contribution in [-0.4, -0.2) is 30.3 Å². The van der Waals surface area contributed by atoms with E-state index in [-0.39, 0.29) is 29.2 Å². The van der Waals surface area contributed by atoms with Gasteiger partial charge in [-0.05, 0) is 24.3 Å². The summed E-state index contributed by atoms with van der Waals surface area (Å²) in [4.78, 5) is 28.8. The molecule has 0 aliphatic heterocycles. The molecule has 0 saturated heterocycles. The third-order valence-electron chi connectivity index (χ3n) is 3.53. The third-order valence-corrected chi connectivity index (χ3v) is 5.72. The molecule has 0 atom stereocenters. The molecule has 27 heavy (non-hydrogen) atoms. The lowest BCUT2D eigenvalue weighted by atomic mass is 10.2. The predicted octanol–water partition coefficient (Wildman–Crippen LogP) is 1.58. The number of carbonyl (C=O) groups excluding carboxylic acids is 1. The largest absolute Gasteiger partial charge is 0.456 e. The summed E-state index contributed by atoms with van der Waals surface area (Å²) in [5.74, 6) is -0.647. The van der Waals surface area contributed by atoms with Crippen LogP contribution in [0.2, 0.25) is 0 Å². The number of nitrogens with zero attached hydrogens (tertiary/aromatic N) is 2. The number of esters is 1. The first-order valence-electron chi connectivity index (χ1n) is 7.74. The number of fused-ring (bicyclic) bond motifs is 1. The minimum Gasteiger partial charge on any atom is -0.456 e. The number of rotatable bonds is 7. The van der Waals surface area contributed by atoms with Gasteiger partial charge in [-0.3, -0.25) is 9.20 Å². The van der Waals surface area contributed by atoms with Gasteiger partial charge >= 0.3 is 5.97 Å². The minimum absolute atomic E-state index is 0.0266. The molecule has 2 aromatic heterocycles. The van der Waals surface area contributed by atoms with Gasteiger partial charge in [0.15, 0.2) is 4.96 Å². The van der Waals surface area contributed by atoms with Crippen molar-refractivity contribution < 1.29 is 17.9 Å². The Balaban J connectivity index is 1.68. The lowest BCUT2D eigenvalue weighted by Crippen LogP contribution is -2.23. The number of nitrogens with one attached hydrogen (secondary N) is 1. The zero-order chi connectivity index (χ0) is 19.4. The van der Waals surface area contributed by atoms with Gasteiger partial charge in [0.2, 0.25) is 10.0 Å². The van der Waals surface area contributed by atoms with Crippen LogP contribution in [-0.2, 0) is 21.4 Å². The van der Waals surface area contributed by atoms with Crippen molar-refractivity contribution in [3.8, 4) is 0 Å². The second-order valence-electron chi connectivity index (χ2n) is 5.38. The average Bonchev–Trinajstić information content (AvgIpc) is 3.14. The van der Waals surface area contributed by atoms with E-state index < -0.39 is 16.0 Å². The number of sulfonamides is 1. The monoisotopic (exact) mass is 405 g/mol. The van der Waals surface area contributed by atoms with Gasteiger partial charge in [0.05, 0.1) is 16.2 Å². The molecule has 0 aliphatic carbocycles. The number of hydrogen-bond donors (Lipinski definition) is 1. The summed E-state index contributed by atoms with van der Waals surface area (Å²) >= 11 is 1.30. The maximum absolute atomic E-state index is 12.1. The molecule has 1 N–H and O–H groups in total. The Bertz CT molecular complexity index is 1150. The van der Waals surface area contributed by atoms with Gasteiger partial charge in [-0.25, -0.2) is 22.9 Å². The maximum Gasteiger partial charge on any atom is 0.338 e. The summed E-state index contributed by atoms with van der Waals surface area (Å²) < 4.78 is 32.9. The zero-order valence-corrected chi connectivity index (χ0v) is 15.6. The molecule has 3 rings (SSSR count). The van der Waals surface area contributed by atoms with E-state index in [9.17, 15) is 18.0 Å². The number of ether oxygens (including phenoxy) is 1. The van der Waals surface area contributed by atoms with Crippen LogP contribution in [0.15, 0.2) is 64.3 Å². The Labute approximate surface area is 158 Å². The smallest absolute Gasteiger partial charge is 0.338 e. The fourth-order valence-corrected chi connectivity index (χ4v) is 3.94. The fourth-order valence-electron chi connectivity index (χ4n) is 2.21. The SMILES string of the molecule is C=CCNS(=O)(=O)c1ccc(C(=O)OCc2cc(=O)n3ccsc3n2)cc1. The molecule has 2 heterocycles. The van der Waals surface area contributed by atoms with Crippen molar-refractivity contribution in [2.45, 2.75) is 11.5 Å². The lowest BCUT2D eigenvalue weighted by Gasteiger charge is -2.07. The molecule has 0 amide bonds. The van der Waals surface area contributed by atoms with E-state index in [0.29, 0.717) is 10.7 Å². The van der Waals surface area contributed by atoms with Crippen LogP contribution in [0, 0.1) is 0 Å². The molecule has 10 heteroatoms. The molecule has 0 bridgehead atoms. The highest BCUT2D eigenvalue weighted by Gasteiger charge is 2.15. The highest BCUT2D eigenvalue weighted by atomic mass is 32.2. The quantitative estimate of drug-likeness (QED) is 0.472. The fraction of sp³-hybridized carbons (Fsp3) is 0.118. The van der Waals surface area contributed by atoms with E-state index in [1.165, 1.54) is 52.1 Å². The van der Waals surface area contributed by atoms with Crippen molar-refractivity contribution in [3.63, 3.8) is 0 Å². The first-order valence-corrected chi connectivity index (χ1v) is 10.1. The molecule has 0 spiro atoms. The Morgan fingerprint density at radius 3 is 2.78 bits per heavy atom. The molecule has 8 nitrogen and oxygen atoms in total. The van der Waals surface area contributed by atoms with Crippen LogP contribution in [0.25, 0.3) is 4.96 Å². The van der Waals surface area contributed by atoms with E-state index >= 15 is 0 Å². The molecule has 0 fully saturated rings. The van der Waals surface area contributed by atoms with Crippen LogP contribution in [0.5, 0.6) is 0 Å². The van der Waals surface area contributed by atoms with E-state index in [2.05, 4.69) is 16.3 Å². The summed E-state index contributed by atoms with van der Waals surface area (Å²) in [6.45, 7) is 3.39. The molecule has 0 radical (unpaired) electrons. The summed E-state index contributed by atoms with van der Waals surface area (Å²) in [6, 6.07) is 6.63. The van der Waals surface area contributed by atoms with Gasteiger partial charge in [-0.2, -0.15) is 0 Å². The number of aromatic nitrogens is 2. The summed E-state index contributed by atoms with van der Waals surface area (Å²) in [7, 11) is -3.66. The topological polar surface area (TPSA) is 107 Å². The van der Waals surface area contributed by atoms with E-state index in [1.54, 1.807) is 11.6 Å². The van der Waals surface area contributed by atoms with Crippen molar-refractivity contribution in [2.24, 2.45) is 0 Å². The van der Waals surface area contributed by atoms with Gasteiger partial charge in [0.25, 0.3) is 5.56 Å². The van der Waals surface area contributed by atoms with Crippen LogP contribution in [0.4, 0.5) is 0 Å². The van der Waals surface area contributed by atoms with Crippen molar-refractivity contribution in [2.75, 3.05) is 6.54 Å². The van der Waals surface area contributed by atoms with Crippen molar-refractivity contribution in [1.82, 2.24) is 14.1 Å². The first-order chi connectivity index (χ1) is 12.9. The third kappa shape index (κ3) is 4.30. The maximum atomic E-state index is 12.1. The molecule has 0 saturated carbocycles. The highest BCUT2D eigenvalue weighted by Crippen LogP contribution is 2.12. The zero-order valence-electron chi connectivity index (χ0n) is 14.0. The van der Waals surface area contributed by atoms with Crippen molar-refractivity contribution in [3.05, 3.63) is 76.2 Å². The standard InChI is InChI=1S/C17H15N3O5S2/c1-2-7-18-27(23,24)14-5-3-12(4-6-14)16(22)25-11-13-10-15(21)20-8-9-26-17(20)19-13/h2-6,8-10,18H,1,7,11H2. The second kappa shape index (κ2) is 7.82. The van der Waals surface area contributed by atoms with Gasteiger partial charge in [0, 0.05) is 24.2 Å². The molecule has 0 aliphatic rings. The molecular weight excluding hydrogens is 390 g/mol. The second-order valence-corrected chi connectivity index (χ2v) is 8.02. The predicted molar refractivity (Wildman–Crippen MR) is 100 cm³/mol. The van der Waals surface area contributed by atoms with Gasteiger partial charge < -0.3 is 4.74 Å². The van der Waals surface area contributed by atoms with Gasteiger partial charge in [0.1, 0.15) is 6.61 Å². The first kappa shape index (κ1) is 19.0. The molecular formula is C17H15N3O5S2.